The normalized spacial score (nSPS) is 33.9. The smallest absolute Gasteiger partial charge is 0.0123 e. The van der Waals surface area contributed by atoms with Gasteiger partial charge in [0.2, 0.25) is 0 Å². The molecule has 1 saturated carbocycles. The molecule has 0 amide bonds. The molecule has 1 heteroatoms. The van der Waals surface area contributed by atoms with E-state index in [1.165, 1.54) is 13.0 Å². The van der Waals surface area contributed by atoms with Crippen molar-refractivity contribution in [3.8, 4) is 0 Å². The monoisotopic (exact) mass is 197 g/mol. The first-order valence-corrected chi connectivity index (χ1v) is 6.19. The second-order valence-electron chi connectivity index (χ2n) is 5.60. The van der Waals surface area contributed by atoms with Crippen LogP contribution in [0.5, 0.6) is 0 Å². The highest BCUT2D eigenvalue weighted by Crippen LogP contribution is 2.49. The van der Waals surface area contributed by atoms with Crippen molar-refractivity contribution in [2.45, 2.75) is 47.1 Å². The summed E-state index contributed by atoms with van der Waals surface area (Å²) in [5, 5.41) is 0. The molecular formula is C13H27N. The van der Waals surface area contributed by atoms with Gasteiger partial charge in [0.25, 0.3) is 0 Å². The standard InChI is InChI=1S/C13H27N/c1-7-12(13-10(4)11(13)5)14(6)8-9(2)3/h9-13H,7-8H2,1-6H3. The van der Waals surface area contributed by atoms with E-state index >= 15 is 0 Å². The van der Waals surface area contributed by atoms with Crippen molar-refractivity contribution >= 4 is 0 Å². The zero-order valence-corrected chi connectivity index (χ0v) is 10.7. The Bertz CT molecular complexity index is 168. The third kappa shape index (κ3) is 2.50. The summed E-state index contributed by atoms with van der Waals surface area (Å²) < 4.78 is 0. The van der Waals surface area contributed by atoms with Gasteiger partial charge in [-0.05, 0) is 37.1 Å². The van der Waals surface area contributed by atoms with Gasteiger partial charge in [0, 0.05) is 12.6 Å². The van der Waals surface area contributed by atoms with Crippen LogP contribution < -0.4 is 0 Å². The van der Waals surface area contributed by atoms with Gasteiger partial charge in [-0.2, -0.15) is 0 Å². The van der Waals surface area contributed by atoms with Crippen LogP contribution in [-0.4, -0.2) is 24.5 Å². The predicted octanol–water partition coefficient (Wildman–Crippen LogP) is 3.25. The molecule has 1 aliphatic rings. The third-order valence-corrected chi connectivity index (χ3v) is 3.98. The molecule has 1 fully saturated rings. The van der Waals surface area contributed by atoms with Crippen molar-refractivity contribution in [2.75, 3.05) is 13.6 Å². The van der Waals surface area contributed by atoms with Gasteiger partial charge in [-0.3, -0.25) is 0 Å². The summed E-state index contributed by atoms with van der Waals surface area (Å²) in [5.74, 6) is 3.66. The molecular weight excluding hydrogens is 170 g/mol. The fourth-order valence-electron chi connectivity index (χ4n) is 2.99. The van der Waals surface area contributed by atoms with Crippen molar-refractivity contribution in [3.63, 3.8) is 0 Å². The first kappa shape index (κ1) is 12.0. The van der Waals surface area contributed by atoms with Gasteiger partial charge in [-0.1, -0.05) is 34.6 Å². The molecule has 0 aliphatic heterocycles. The fourth-order valence-corrected chi connectivity index (χ4v) is 2.99. The van der Waals surface area contributed by atoms with E-state index in [9.17, 15) is 0 Å². The summed E-state index contributed by atoms with van der Waals surface area (Å²) in [5.41, 5.74) is 0. The van der Waals surface area contributed by atoms with Crippen LogP contribution in [0.15, 0.2) is 0 Å². The lowest BCUT2D eigenvalue weighted by molar-refractivity contribution is 0.183. The van der Waals surface area contributed by atoms with Gasteiger partial charge < -0.3 is 4.90 Å². The summed E-state index contributed by atoms with van der Waals surface area (Å²) in [4.78, 5) is 2.58. The molecule has 0 aromatic rings. The van der Waals surface area contributed by atoms with E-state index in [4.69, 9.17) is 0 Å². The van der Waals surface area contributed by atoms with E-state index < -0.39 is 0 Å². The predicted molar refractivity (Wildman–Crippen MR) is 63.4 cm³/mol. The van der Waals surface area contributed by atoms with Crippen LogP contribution in [0.4, 0.5) is 0 Å². The number of nitrogens with zero attached hydrogens (tertiary/aromatic N) is 1. The molecule has 14 heavy (non-hydrogen) atoms. The Kier molecular flexibility index (Phi) is 4.00. The summed E-state index contributed by atoms with van der Waals surface area (Å²) in [7, 11) is 2.30. The Hall–Kier alpha value is -0.0400. The lowest BCUT2D eigenvalue weighted by atomic mass is 10.0. The van der Waals surface area contributed by atoms with Crippen LogP contribution in [0, 0.1) is 23.7 Å². The molecule has 0 bridgehead atoms. The minimum atomic E-state index is 0.790. The number of rotatable bonds is 5. The largest absolute Gasteiger partial charge is 0.303 e. The highest BCUT2D eigenvalue weighted by molar-refractivity contribution is 4.98. The Morgan fingerprint density at radius 1 is 1.14 bits per heavy atom. The molecule has 0 N–H and O–H groups in total. The van der Waals surface area contributed by atoms with E-state index in [-0.39, 0.29) is 0 Å². The van der Waals surface area contributed by atoms with Crippen molar-refractivity contribution in [3.05, 3.63) is 0 Å². The Balaban J connectivity index is 2.46. The second-order valence-corrected chi connectivity index (χ2v) is 5.60. The quantitative estimate of drug-likeness (QED) is 0.654. The van der Waals surface area contributed by atoms with Crippen molar-refractivity contribution in [2.24, 2.45) is 23.7 Å². The molecule has 1 aliphatic carbocycles. The van der Waals surface area contributed by atoms with Crippen LogP contribution in [0.1, 0.15) is 41.0 Å². The van der Waals surface area contributed by atoms with Crippen molar-refractivity contribution < 1.29 is 0 Å². The summed E-state index contributed by atoms with van der Waals surface area (Å²) in [6, 6.07) is 0.822. The zero-order valence-electron chi connectivity index (χ0n) is 10.7. The van der Waals surface area contributed by atoms with Gasteiger partial charge in [0.05, 0.1) is 0 Å². The minimum absolute atomic E-state index is 0.790. The van der Waals surface area contributed by atoms with E-state index in [0.29, 0.717) is 0 Å². The van der Waals surface area contributed by atoms with Gasteiger partial charge in [0.15, 0.2) is 0 Å². The molecule has 84 valence electrons. The minimum Gasteiger partial charge on any atom is -0.303 e. The van der Waals surface area contributed by atoms with Crippen LogP contribution in [-0.2, 0) is 0 Å². The van der Waals surface area contributed by atoms with E-state index in [1.807, 2.05) is 0 Å². The lowest BCUT2D eigenvalue weighted by Crippen LogP contribution is -2.36. The van der Waals surface area contributed by atoms with Crippen LogP contribution in [0.2, 0.25) is 0 Å². The Labute approximate surface area is 89.9 Å². The molecule has 0 heterocycles. The highest BCUT2D eigenvalue weighted by Gasteiger charge is 2.48. The summed E-state index contributed by atoms with van der Waals surface area (Å²) in [6.07, 6.45) is 1.31. The second kappa shape index (κ2) is 4.65. The molecule has 0 spiro atoms. The molecule has 0 aromatic heterocycles. The summed E-state index contributed by atoms with van der Waals surface area (Å²) in [6.45, 7) is 13.0. The number of hydrogen-bond donors (Lipinski definition) is 0. The van der Waals surface area contributed by atoms with Crippen molar-refractivity contribution in [1.29, 1.82) is 0 Å². The average molecular weight is 197 g/mol. The van der Waals surface area contributed by atoms with Gasteiger partial charge in [-0.15, -0.1) is 0 Å². The third-order valence-electron chi connectivity index (χ3n) is 3.98. The first-order valence-electron chi connectivity index (χ1n) is 6.19. The topological polar surface area (TPSA) is 3.24 Å². The SMILES string of the molecule is CCC(C1C(C)C1C)N(C)CC(C)C. The molecule has 1 nitrogen and oxygen atoms in total. The molecule has 0 aromatic carbocycles. The zero-order chi connectivity index (χ0) is 10.9. The van der Waals surface area contributed by atoms with E-state index in [0.717, 1.165) is 29.7 Å². The van der Waals surface area contributed by atoms with Crippen LogP contribution in [0.3, 0.4) is 0 Å². The van der Waals surface area contributed by atoms with Crippen molar-refractivity contribution in [1.82, 2.24) is 4.90 Å². The van der Waals surface area contributed by atoms with E-state index in [1.54, 1.807) is 0 Å². The molecule has 3 atom stereocenters. The maximum absolute atomic E-state index is 2.58. The number of hydrogen-bond acceptors (Lipinski definition) is 1. The Morgan fingerprint density at radius 2 is 1.64 bits per heavy atom. The van der Waals surface area contributed by atoms with E-state index in [2.05, 4.69) is 46.6 Å². The molecule has 0 saturated heterocycles. The maximum Gasteiger partial charge on any atom is 0.0123 e. The lowest BCUT2D eigenvalue weighted by Gasteiger charge is -2.29. The summed E-state index contributed by atoms with van der Waals surface area (Å²) >= 11 is 0. The van der Waals surface area contributed by atoms with Gasteiger partial charge >= 0.3 is 0 Å². The molecule has 0 radical (unpaired) electrons. The first-order chi connectivity index (χ1) is 6.49. The molecule has 1 rings (SSSR count). The van der Waals surface area contributed by atoms with Gasteiger partial charge in [0.1, 0.15) is 0 Å². The highest BCUT2D eigenvalue weighted by atomic mass is 15.1. The van der Waals surface area contributed by atoms with Crippen LogP contribution >= 0.6 is 0 Å². The fraction of sp³-hybridized carbons (Fsp3) is 1.00. The van der Waals surface area contributed by atoms with Crippen LogP contribution in [0.25, 0.3) is 0 Å². The molecule has 3 unspecified atom stereocenters. The maximum atomic E-state index is 2.58. The Morgan fingerprint density at radius 3 is 1.93 bits per heavy atom. The van der Waals surface area contributed by atoms with Gasteiger partial charge in [-0.25, -0.2) is 0 Å². The average Bonchev–Trinajstić information content (AvgIpc) is 2.62.